The standard InChI is InChI=1S/C22H15F6N3O2/c1-12(32)31-17-11-15(21(23,24)25)10-16(22(26,27)28)19(17)14-5-2-13(3-6-14)4-7-18(33)20-29-8-9-30-20/h2-11H,1H3,(H,29,30)(H,31,32)/b7-4+. The van der Waals surface area contributed by atoms with Gasteiger partial charge in [0, 0.05) is 30.6 Å². The molecule has 3 aromatic rings. The van der Waals surface area contributed by atoms with Crippen molar-refractivity contribution in [1.82, 2.24) is 9.97 Å². The zero-order chi connectivity index (χ0) is 24.4. The summed E-state index contributed by atoms with van der Waals surface area (Å²) >= 11 is 0. The third kappa shape index (κ3) is 5.68. The molecule has 1 aromatic heterocycles. The minimum absolute atomic E-state index is 0.0104. The normalized spacial score (nSPS) is 12.2. The number of carbonyl (C=O) groups excluding carboxylic acids is 2. The number of anilines is 1. The van der Waals surface area contributed by atoms with Crippen molar-refractivity contribution in [2.24, 2.45) is 0 Å². The van der Waals surface area contributed by atoms with E-state index in [2.05, 4.69) is 15.3 Å². The Balaban J connectivity index is 2.07. The SMILES string of the molecule is CC(=O)Nc1cc(C(F)(F)F)cc(C(F)(F)F)c1-c1ccc(/C=C/C(=O)c2ncc[nH]2)cc1. The van der Waals surface area contributed by atoms with Gasteiger partial charge in [-0.1, -0.05) is 30.3 Å². The molecule has 0 bridgehead atoms. The molecule has 0 saturated heterocycles. The van der Waals surface area contributed by atoms with E-state index < -0.39 is 46.4 Å². The van der Waals surface area contributed by atoms with E-state index >= 15 is 0 Å². The number of carbonyl (C=O) groups is 2. The van der Waals surface area contributed by atoms with Gasteiger partial charge in [0.25, 0.3) is 0 Å². The maximum absolute atomic E-state index is 13.7. The number of nitrogens with zero attached hydrogens (tertiary/aromatic N) is 1. The summed E-state index contributed by atoms with van der Waals surface area (Å²) in [5.41, 5.74) is -3.95. The summed E-state index contributed by atoms with van der Waals surface area (Å²) in [5, 5.41) is 2.06. The van der Waals surface area contributed by atoms with Gasteiger partial charge in [0.15, 0.2) is 5.82 Å². The minimum atomic E-state index is -5.13. The number of imidazole rings is 1. The van der Waals surface area contributed by atoms with E-state index in [1.807, 2.05) is 0 Å². The lowest BCUT2D eigenvalue weighted by molar-refractivity contribution is -0.142. The Bertz CT molecular complexity index is 1190. The number of hydrogen-bond acceptors (Lipinski definition) is 3. The average Bonchev–Trinajstić information content (AvgIpc) is 3.25. The first-order valence-electron chi connectivity index (χ1n) is 9.28. The zero-order valence-corrected chi connectivity index (χ0v) is 16.8. The van der Waals surface area contributed by atoms with Crippen LogP contribution in [0.3, 0.4) is 0 Å². The summed E-state index contributed by atoms with van der Waals surface area (Å²) in [4.78, 5) is 29.9. The number of rotatable bonds is 5. The Hall–Kier alpha value is -3.89. The lowest BCUT2D eigenvalue weighted by Crippen LogP contribution is -2.16. The molecule has 2 aromatic carbocycles. The number of amides is 1. The molecule has 33 heavy (non-hydrogen) atoms. The molecule has 3 rings (SSSR count). The molecule has 172 valence electrons. The lowest BCUT2D eigenvalue weighted by atomic mass is 9.93. The van der Waals surface area contributed by atoms with Crippen LogP contribution in [0.4, 0.5) is 32.0 Å². The van der Waals surface area contributed by atoms with Gasteiger partial charge in [-0.15, -0.1) is 0 Å². The first-order valence-corrected chi connectivity index (χ1v) is 9.28. The number of benzene rings is 2. The molecule has 0 aliphatic rings. The Morgan fingerprint density at radius 3 is 2.18 bits per heavy atom. The van der Waals surface area contributed by atoms with Crippen molar-refractivity contribution in [3.8, 4) is 11.1 Å². The molecule has 0 radical (unpaired) electrons. The van der Waals surface area contributed by atoms with Crippen LogP contribution in [-0.4, -0.2) is 21.7 Å². The van der Waals surface area contributed by atoms with E-state index in [4.69, 9.17) is 0 Å². The molecule has 0 aliphatic carbocycles. The third-order valence-corrected chi connectivity index (χ3v) is 4.44. The molecule has 0 aliphatic heterocycles. The van der Waals surface area contributed by atoms with Crippen LogP contribution in [0.15, 0.2) is 54.9 Å². The van der Waals surface area contributed by atoms with Gasteiger partial charge < -0.3 is 10.3 Å². The van der Waals surface area contributed by atoms with Crippen molar-refractivity contribution in [1.29, 1.82) is 0 Å². The zero-order valence-electron chi connectivity index (χ0n) is 16.8. The first-order chi connectivity index (χ1) is 15.4. The van der Waals surface area contributed by atoms with Crippen LogP contribution in [0.25, 0.3) is 17.2 Å². The van der Waals surface area contributed by atoms with Crippen LogP contribution in [-0.2, 0) is 17.1 Å². The first kappa shape index (κ1) is 23.8. The number of hydrogen-bond donors (Lipinski definition) is 2. The molecule has 11 heteroatoms. The highest BCUT2D eigenvalue weighted by atomic mass is 19.4. The van der Waals surface area contributed by atoms with Gasteiger partial charge in [0.05, 0.1) is 11.1 Å². The molecule has 0 unspecified atom stereocenters. The van der Waals surface area contributed by atoms with Gasteiger partial charge in [-0.3, -0.25) is 9.59 Å². The van der Waals surface area contributed by atoms with Crippen LogP contribution < -0.4 is 5.32 Å². The summed E-state index contributed by atoms with van der Waals surface area (Å²) in [5.74, 6) is -1.17. The number of halogens is 6. The van der Waals surface area contributed by atoms with Gasteiger partial charge in [-0.2, -0.15) is 26.3 Å². The Kier molecular flexibility index (Phi) is 6.43. The van der Waals surface area contributed by atoms with Gasteiger partial charge in [-0.25, -0.2) is 4.98 Å². The quantitative estimate of drug-likeness (QED) is 0.276. The molecule has 0 fully saturated rings. The van der Waals surface area contributed by atoms with Crippen LogP contribution in [0, 0.1) is 0 Å². The third-order valence-electron chi connectivity index (χ3n) is 4.44. The van der Waals surface area contributed by atoms with Crippen molar-refractivity contribution >= 4 is 23.5 Å². The molecule has 1 amide bonds. The van der Waals surface area contributed by atoms with E-state index in [9.17, 15) is 35.9 Å². The van der Waals surface area contributed by atoms with Crippen LogP contribution in [0.2, 0.25) is 0 Å². The molecule has 1 heterocycles. The topological polar surface area (TPSA) is 74.8 Å². The van der Waals surface area contributed by atoms with Crippen molar-refractivity contribution in [2.45, 2.75) is 19.3 Å². The number of nitrogens with one attached hydrogen (secondary N) is 2. The van der Waals surface area contributed by atoms with Crippen LogP contribution in [0.5, 0.6) is 0 Å². The van der Waals surface area contributed by atoms with Crippen LogP contribution in [0.1, 0.15) is 34.2 Å². The summed E-state index contributed by atoms with van der Waals surface area (Å²) in [6, 6.07) is 5.74. The molecule has 0 atom stereocenters. The Labute approximate surface area is 183 Å². The maximum atomic E-state index is 13.7. The number of alkyl halides is 6. The Morgan fingerprint density at radius 2 is 1.67 bits per heavy atom. The van der Waals surface area contributed by atoms with Crippen molar-refractivity contribution in [3.05, 3.63) is 77.4 Å². The summed E-state index contributed by atoms with van der Waals surface area (Å²) < 4.78 is 80.7. The molecule has 0 spiro atoms. The van der Waals surface area contributed by atoms with E-state index in [1.165, 1.54) is 48.8 Å². The highest BCUT2D eigenvalue weighted by Gasteiger charge is 2.40. The number of aromatic amines is 1. The molecular weight excluding hydrogens is 452 g/mol. The Morgan fingerprint density at radius 1 is 1.00 bits per heavy atom. The van der Waals surface area contributed by atoms with Crippen LogP contribution >= 0.6 is 0 Å². The monoisotopic (exact) mass is 467 g/mol. The highest BCUT2D eigenvalue weighted by Crippen LogP contribution is 2.45. The van der Waals surface area contributed by atoms with Crippen molar-refractivity contribution in [2.75, 3.05) is 5.32 Å². The van der Waals surface area contributed by atoms with Gasteiger partial charge >= 0.3 is 12.4 Å². The minimum Gasteiger partial charge on any atom is -0.342 e. The number of ketones is 1. The summed E-state index contributed by atoms with van der Waals surface area (Å²) in [7, 11) is 0. The fourth-order valence-corrected chi connectivity index (χ4v) is 3.04. The maximum Gasteiger partial charge on any atom is 0.417 e. The second-order valence-electron chi connectivity index (χ2n) is 6.88. The predicted octanol–water partition coefficient (Wildman–Crippen LogP) is 5.97. The van der Waals surface area contributed by atoms with E-state index in [0.717, 1.165) is 6.92 Å². The fraction of sp³-hybridized carbons (Fsp3) is 0.136. The summed E-state index contributed by atoms with van der Waals surface area (Å²) in [6.45, 7) is 0.973. The highest BCUT2D eigenvalue weighted by molar-refractivity contribution is 6.04. The van der Waals surface area contributed by atoms with E-state index in [1.54, 1.807) is 0 Å². The van der Waals surface area contributed by atoms with Crippen molar-refractivity contribution in [3.63, 3.8) is 0 Å². The van der Waals surface area contributed by atoms with Crippen molar-refractivity contribution < 1.29 is 35.9 Å². The smallest absolute Gasteiger partial charge is 0.342 e. The van der Waals surface area contributed by atoms with Gasteiger partial charge in [0.1, 0.15) is 0 Å². The average molecular weight is 467 g/mol. The fourth-order valence-electron chi connectivity index (χ4n) is 3.04. The molecular formula is C22H15F6N3O2. The number of allylic oxidation sites excluding steroid dienone is 1. The molecule has 2 N–H and O–H groups in total. The largest absolute Gasteiger partial charge is 0.417 e. The molecule has 5 nitrogen and oxygen atoms in total. The predicted molar refractivity (Wildman–Crippen MR) is 108 cm³/mol. The van der Waals surface area contributed by atoms with Gasteiger partial charge in [0.2, 0.25) is 11.7 Å². The second kappa shape index (κ2) is 8.93. The number of H-pyrrole nitrogens is 1. The molecule has 0 saturated carbocycles. The number of aromatic nitrogens is 2. The van der Waals surface area contributed by atoms with Gasteiger partial charge in [-0.05, 0) is 29.3 Å². The van der Waals surface area contributed by atoms with E-state index in [0.29, 0.717) is 11.6 Å². The lowest BCUT2D eigenvalue weighted by Gasteiger charge is -2.20. The van der Waals surface area contributed by atoms with E-state index in [-0.39, 0.29) is 17.5 Å². The summed E-state index contributed by atoms with van der Waals surface area (Å²) in [6.07, 6.45) is -4.72. The second-order valence-corrected chi connectivity index (χ2v) is 6.88.